The van der Waals surface area contributed by atoms with Gasteiger partial charge >= 0.3 is 12.4 Å². The van der Waals surface area contributed by atoms with Gasteiger partial charge in [-0.15, -0.1) is 0 Å². The summed E-state index contributed by atoms with van der Waals surface area (Å²) in [6, 6.07) is 10.0. The number of nitrogens with two attached hydrogens (primary N) is 1. The van der Waals surface area contributed by atoms with E-state index < -0.39 is 61.8 Å². The molecule has 0 spiro atoms. The van der Waals surface area contributed by atoms with Gasteiger partial charge in [0.05, 0.1) is 34.6 Å². The summed E-state index contributed by atoms with van der Waals surface area (Å²) >= 11 is 0. The van der Waals surface area contributed by atoms with Gasteiger partial charge in [-0.2, -0.15) is 31.1 Å². The largest absolute Gasteiger partial charge is 0.416 e. The first-order valence-electron chi connectivity index (χ1n) is 12.5. The molecule has 2 aromatic rings. The fraction of sp³-hybridized carbons (Fsp3) is 0.500. The van der Waals surface area contributed by atoms with Crippen LogP contribution in [0.15, 0.2) is 48.5 Å². The molecule has 1 saturated carbocycles. The van der Waals surface area contributed by atoms with Crippen molar-refractivity contribution in [3.63, 3.8) is 0 Å². The molecule has 2 fully saturated rings. The Balaban J connectivity index is 1.60. The number of benzene rings is 2. The van der Waals surface area contributed by atoms with Gasteiger partial charge in [0.25, 0.3) is 0 Å². The first kappa shape index (κ1) is 30.3. The molecule has 0 aromatic heterocycles. The Hall–Kier alpha value is -2.68. The second-order valence-electron chi connectivity index (χ2n) is 10.4. The third kappa shape index (κ3) is 6.45. The van der Waals surface area contributed by atoms with Crippen LogP contribution in [-0.4, -0.2) is 38.3 Å². The highest BCUT2D eigenvalue weighted by Crippen LogP contribution is 2.40. The predicted octanol–water partition coefficient (Wildman–Crippen LogP) is 4.39. The Bertz CT molecular complexity index is 1300. The summed E-state index contributed by atoms with van der Waals surface area (Å²) in [5.41, 5.74) is 0.428. The zero-order chi connectivity index (χ0) is 29.6. The number of halogens is 6. The minimum Gasteiger partial charge on any atom is -0.372 e. The van der Waals surface area contributed by atoms with Gasteiger partial charge in [-0.05, 0) is 61.9 Å². The summed E-state index contributed by atoms with van der Waals surface area (Å²) in [5.74, 6) is -0.871. The standard InChI is InChI=1S/C26H29F6N3O4S/c1-16(17-11-19(25(27,28)29)13-20(12-17)26(30,31)32)39-15-24(18-5-3-2-4-6-18)10-9-23(14-34-24,22(33)36)35-40(37,38)21-7-8-21/h2-6,11-13,16,21,34-35H,7-10,14-15H2,1H3,(H2,33,36)/t16-,23+,24-/m1/s1. The number of nitrogens with one attached hydrogen (secondary N) is 2. The first-order chi connectivity index (χ1) is 18.5. The molecule has 1 amide bonds. The highest BCUT2D eigenvalue weighted by Gasteiger charge is 2.51. The molecule has 2 aromatic carbocycles. The Labute approximate surface area is 227 Å². The number of hydrogen-bond donors (Lipinski definition) is 3. The van der Waals surface area contributed by atoms with Crippen LogP contribution < -0.4 is 15.8 Å². The molecule has 4 N–H and O–H groups in total. The van der Waals surface area contributed by atoms with Crippen LogP contribution >= 0.6 is 0 Å². The lowest BCUT2D eigenvalue weighted by Gasteiger charge is -2.46. The molecular formula is C26H29F6N3O4S. The van der Waals surface area contributed by atoms with E-state index in [1.807, 2.05) is 0 Å². The number of carbonyl (C=O) groups is 1. The normalized spacial score (nSPS) is 25.0. The van der Waals surface area contributed by atoms with Crippen molar-refractivity contribution in [2.24, 2.45) is 5.73 Å². The molecule has 1 heterocycles. The van der Waals surface area contributed by atoms with Crippen LogP contribution in [0.3, 0.4) is 0 Å². The van der Waals surface area contributed by atoms with Crippen molar-refractivity contribution in [1.29, 1.82) is 0 Å². The Morgan fingerprint density at radius 1 is 1.05 bits per heavy atom. The van der Waals surface area contributed by atoms with Crippen LogP contribution in [-0.2, 0) is 37.4 Å². The lowest BCUT2D eigenvalue weighted by molar-refractivity contribution is -0.143. The lowest BCUT2D eigenvalue weighted by Crippen LogP contribution is -2.69. The predicted molar refractivity (Wildman–Crippen MR) is 133 cm³/mol. The fourth-order valence-electron chi connectivity index (χ4n) is 4.79. The molecule has 1 saturated heterocycles. The number of primary amides is 1. The van der Waals surface area contributed by atoms with Crippen molar-refractivity contribution >= 4 is 15.9 Å². The Kier molecular flexibility index (Phi) is 8.04. The number of piperidine rings is 1. The number of hydrogen-bond acceptors (Lipinski definition) is 5. The average molecular weight is 594 g/mol. The van der Waals surface area contributed by atoms with Crippen molar-refractivity contribution in [2.45, 2.75) is 67.4 Å². The number of sulfonamides is 1. The third-order valence-corrected chi connectivity index (χ3v) is 9.49. The van der Waals surface area contributed by atoms with Gasteiger partial charge in [0.15, 0.2) is 0 Å². The number of rotatable bonds is 9. The van der Waals surface area contributed by atoms with Gasteiger partial charge in [0, 0.05) is 6.54 Å². The smallest absolute Gasteiger partial charge is 0.372 e. The van der Waals surface area contributed by atoms with Gasteiger partial charge in [-0.1, -0.05) is 30.3 Å². The molecule has 7 nitrogen and oxygen atoms in total. The van der Waals surface area contributed by atoms with Crippen molar-refractivity contribution < 1.29 is 44.3 Å². The van der Waals surface area contributed by atoms with Gasteiger partial charge < -0.3 is 15.8 Å². The molecule has 0 bridgehead atoms. The number of ether oxygens (including phenoxy) is 1. The van der Waals surface area contributed by atoms with Crippen LogP contribution in [0.1, 0.15) is 61.0 Å². The second kappa shape index (κ2) is 10.6. The highest BCUT2D eigenvalue weighted by molar-refractivity contribution is 7.90. The maximum Gasteiger partial charge on any atom is 0.416 e. The zero-order valence-corrected chi connectivity index (χ0v) is 22.2. The quantitative estimate of drug-likeness (QED) is 0.374. The van der Waals surface area contributed by atoms with E-state index in [4.69, 9.17) is 10.5 Å². The van der Waals surface area contributed by atoms with E-state index in [0.29, 0.717) is 30.5 Å². The molecule has 40 heavy (non-hydrogen) atoms. The van der Waals surface area contributed by atoms with Crippen molar-refractivity contribution in [1.82, 2.24) is 10.0 Å². The van der Waals surface area contributed by atoms with Crippen LogP contribution in [0, 0.1) is 0 Å². The summed E-state index contributed by atoms with van der Waals surface area (Å²) in [7, 11) is -3.79. The molecule has 4 rings (SSSR count). The molecule has 14 heteroatoms. The minimum atomic E-state index is -5.00. The van der Waals surface area contributed by atoms with Crippen molar-refractivity contribution in [3.8, 4) is 0 Å². The first-order valence-corrected chi connectivity index (χ1v) is 14.1. The number of carbonyl (C=O) groups excluding carboxylic acids is 1. The van der Waals surface area contributed by atoms with Crippen LogP contribution in [0.4, 0.5) is 26.3 Å². The van der Waals surface area contributed by atoms with Gasteiger partial charge in [0.1, 0.15) is 5.54 Å². The summed E-state index contributed by atoms with van der Waals surface area (Å²) < 4.78 is 114. The summed E-state index contributed by atoms with van der Waals surface area (Å²) in [5, 5.41) is 2.57. The van der Waals surface area contributed by atoms with E-state index in [9.17, 15) is 39.6 Å². The maximum absolute atomic E-state index is 13.4. The molecule has 1 aliphatic carbocycles. The van der Waals surface area contributed by atoms with E-state index in [-0.39, 0.29) is 37.6 Å². The summed E-state index contributed by atoms with van der Waals surface area (Å²) in [6.45, 7) is 0.928. The monoisotopic (exact) mass is 593 g/mol. The fourth-order valence-corrected chi connectivity index (χ4v) is 6.54. The van der Waals surface area contributed by atoms with E-state index in [1.54, 1.807) is 30.3 Å². The average Bonchev–Trinajstić information content (AvgIpc) is 3.74. The third-order valence-electron chi connectivity index (χ3n) is 7.47. The SMILES string of the molecule is C[C@@H](OC[C@@]1(c2ccccc2)CC[C@@](NS(=O)(=O)C2CC2)(C(N)=O)CN1)c1cc(C(F)(F)F)cc(C(F)(F)F)c1. The molecule has 2 aliphatic rings. The van der Waals surface area contributed by atoms with E-state index in [2.05, 4.69) is 10.0 Å². The Morgan fingerprint density at radius 2 is 1.62 bits per heavy atom. The van der Waals surface area contributed by atoms with Crippen LogP contribution in [0.25, 0.3) is 0 Å². The van der Waals surface area contributed by atoms with E-state index in [1.165, 1.54) is 6.92 Å². The van der Waals surface area contributed by atoms with Gasteiger partial charge in [-0.25, -0.2) is 8.42 Å². The Morgan fingerprint density at radius 3 is 2.08 bits per heavy atom. The van der Waals surface area contributed by atoms with E-state index >= 15 is 0 Å². The summed E-state index contributed by atoms with van der Waals surface area (Å²) in [6.07, 6.45) is -10.1. The molecule has 0 unspecified atom stereocenters. The molecule has 1 aliphatic heterocycles. The molecule has 0 radical (unpaired) electrons. The van der Waals surface area contributed by atoms with Gasteiger partial charge in [0.2, 0.25) is 15.9 Å². The number of amides is 1. The zero-order valence-electron chi connectivity index (χ0n) is 21.4. The summed E-state index contributed by atoms with van der Waals surface area (Å²) in [4.78, 5) is 12.5. The maximum atomic E-state index is 13.4. The van der Waals surface area contributed by atoms with Crippen molar-refractivity contribution in [3.05, 3.63) is 70.8 Å². The van der Waals surface area contributed by atoms with Crippen LogP contribution in [0.5, 0.6) is 0 Å². The van der Waals surface area contributed by atoms with Crippen LogP contribution in [0.2, 0.25) is 0 Å². The highest BCUT2D eigenvalue weighted by atomic mass is 32.2. The molecule has 220 valence electrons. The number of alkyl halides is 6. The minimum absolute atomic E-state index is 0.0182. The molecular weight excluding hydrogens is 564 g/mol. The molecule has 3 atom stereocenters. The lowest BCUT2D eigenvalue weighted by atomic mass is 9.76. The second-order valence-corrected chi connectivity index (χ2v) is 12.3. The van der Waals surface area contributed by atoms with E-state index in [0.717, 1.165) is 0 Å². The van der Waals surface area contributed by atoms with Crippen molar-refractivity contribution in [2.75, 3.05) is 13.2 Å². The topological polar surface area (TPSA) is 111 Å². The van der Waals surface area contributed by atoms with Gasteiger partial charge in [-0.3, -0.25) is 4.79 Å².